The lowest BCUT2D eigenvalue weighted by Crippen LogP contribution is -2.53. The third kappa shape index (κ3) is 6.06. The molecule has 0 spiro atoms. The van der Waals surface area contributed by atoms with Crippen LogP contribution in [0.2, 0.25) is 0 Å². The highest BCUT2D eigenvalue weighted by molar-refractivity contribution is 5.81. The number of aryl methyl sites for hydroxylation is 1. The Kier molecular flexibility index (Phi) is 7.52. The Hall–Kier alpha value is -3.03. The second kappa shape index (κ2) is 10.7. The molecule has 1 aliphatic rings. The van der Waals surface area contributed by atoms with Crippen molar-refractivity contribution < 1.29 is 9.32 Å². The van der Waals surface area contributed by atoms with Gasteiger partial charge in [-0.25, -0.2) is 0 Å². The molecule has 0 radical (unpaired) electrons. The molecule has 2 unspecified atom stereocenters. The second-order valence-corrected chi connectivity index (χ2v) is 8.92. The highest BCUT2D eigenvalue weighted by atomic mass is 16.5. The summed E-state index contributed by atoms with van der Waals surface area (Å²) in [6, 6.07) is 18.3. The SMILES string of the molecule is Cc1ccc(-c2noc(CN3CCN(C(C)C(=O)NCC(C)c4ccccc4)CC3)n2)cc1. The van der Waals surface area contributed by atoms with Crippen LogP contribution in [0.25, 0.3) is 11.4 Å². The summed E-state index contributed by atoms with van der Waals surface area (Å²) >= 11 is 0. The molecule has 3 aromatic rings. The molecule has 0 bridgehead atoms. The van der Waals surface area contributed by atoms with E-state index in [1.807, 2.05) is 49.4 Å². The van der Waals surface area contributed by atoms with Gasteiger partial charge in [-0.15, -0.1) is 0 Å². The molecule has 2 aromatic carbocycles. The Morgan fingerprint density at radius 1 is 1.03 bits per heavy atom. The van der Waals surface area contributed by atoms with Crippen LogP contribution in [0.4, 0.5) is 0 Å². The van der Waals surface area contributed by atoms with Crippen LogP contribution in [0.3, 0.4) is 0 Å². The molecular weight excluding hydrogens is 414 g/mol. The first kappa shape index (κ1) is 23.1. The number of piperazine rings is 1. The predicted molar refractivity (Wildman–Crippen MR) is 129 cm³/mol. The fraction of sp³-hybridized carbons (Fsp3) is 0.423. The zero-order chi connectivity index (χ0) is 23.2. The van der Waals surface area contributed by atoms with Gasteiger partial charge in [0.2, 0.25) is 17.6 Å². The van der Waals surface area contributed by atoms with Crippen LogP contribution in [0, 0.1) is 6.92 Å². The fourth-order valence-electron chi connectivity index (χ4n) is 4.11. The molecule has 1 aromatic heterocycles. The molecule has 4 rings (SSSR count). The van der Waals surface area contributed by atoms with Gasteiger partial charge in [0.05, 0.1) is 12.6 Å². The lowest BCUT2D eigenvalue weighted by Gasteiger charge is -2.36. The maximum atomic E-state index is 12.7. The summed E-state index contributed by atoms with van der Waals surface area (Å²) in [5, 5.41) is 7.25. The molecule has 7 heteroatoms. The van der Waals surface area contributed by atoms with Gasteiger partial charge in [-0.05, 0) is 25.3 Å². The van der Waals surface area contributed by atoms with E-state index in [9.17, 15) is 4.79 Å². The third-order valence-corrected chi connectivity index (χ3v) is 6.42. The van der Waals surface area contributed by atoms with E-state index in [4.69, 9.17) is 4.52 Å². The van der Waals surface area contributed by atoms with Crippen molar-refractivity contribution >= 4 is 5.91 Å². The van der Waals surface area contributed by atoms with Crippen molar-refractivity contribution in [1.82, 2.24) is 25.3 Å². The van der Waals surface area contributed by atoms with Crippen molar-refractivity contribution in [1.29, 1.82) is 0 Å². The van der Waals surface area contributed by atoms with Crippen LogP contribution >= 0.6 is 0 Å². The van der Waals surface area contributed by atoms with E-state index in [2.05, 4.69) is 51.2 Å². The normalized spacial score (nSPS) is 16.9. The van der Waals surface area contributed by atoms with Crippen molar-refractivity contribution in [2.75, 3.05) is 32.7 Å². The van der Waals surface area contributed by atoms with Crippen LogP contribution in [-0.4, -0.2) is 64.6 Å². The number of carbonyl (C=O) groups is 1. The van der Waals surface area contributed by atoms with Crippen molar-refractivity contribution in [2.24, 2.45) is 0 Å². The number of hydrogen-bond donors (Lipinski definition) is 1. The van der Waals surface area contributed by atoms with E-state index in [0.717, 1.165) is 31.7 Å². The van der Waals surface area contributed by atoms with Gasteiger partial charge in [0.15, 0.2) is 0 Å². The minimum absolute atomic E-state index is 0.0888. The number of nitrogens with zero attached hydrogens (tertiary/aromatic N) is 4. The van der Waals surface area contributed by atoms with Crippen LogP contribution in [-0.2, 0) is 11.3 Å². The molecule has 1 amide bonds. The van der Waals surface area contributed by atoms with Gasteiger partial charge in [-0.1, -0.05) is 72.2 Å². The number of nitrogens with one attached hydrogen (secondary N) is 1. The fourth-order valence-corrected chi connectivity index (χ4v) is 4.11. The number of rotatable bonds is 8. The Morgan fingerprint density at radius 2 is 1.73 bits per heavy atom. The Labute approximate surface area is 195 Å². The van der Waals surface area contributed by atoms with Crippen LogP contribution in [0.15, 0.2) is 59.1 Å². The predicted octanol–water partition coefficient (Wildman–Crippen LogP) is 3.47. The van der Waals surface area contributed by atoms with Crippen molar-refractivity contribution in [3.8, 4) is 11.4 Å². The van der Waals surface area contributed by atoms with Crippen molar-refractivity contribution in [2.45, 2.75) is 39.3 Å². The molecule has 7 nitrogen and oxygen atoms in total. The zero-order valence-electron chi connectivity index (χ0n) is 19.7. The van der Waals surface area contributed by atoms with Gasteiger partial charge in [-0.2, -0.15) is 4.98 Å². The van der Waals surface area contributed by atoms with Gasteiger partial charge in [0.1, 0.15) is 0 Å². The highest BCUT2D eigenvalue weighted by Crippen LogP contribution is 2.18. The smallest absolute Gasteiger partial charge is 0.241 e. The molecule has 2 heterocycles. The molecule has 1 N–H and O–H groups in total. The highest BCUT2D eigenvalue weighted by Gasteiger charge is 2.26. The minimum Gasteiger partial charge on any atom is -0.354 e. The van der Waals surface area contributed by atoms with Gasteiger partial charge in [-0.3, -0.25) is 14.6 Å². The summed E-state index contributed by atoms with van der Waals surface area (Å²) in [6.07, 6.45) is 0. The summed E-state index contributed by atoms with van der Waals surface area (Å²) in [5.41, 5.74) is 3.40. The molecule has 174 valence electrons. The monoisotopic (exact) mass is 447 g/mol. The van der Waals surface area contributed by atoms with Gasteiger partial charge in [0.25, 0.3) is 0 Å². The number of aromatic nitrogens is 2. The first-order valence-corrected chi connectivity index (χ1v) is 11.7. The number of carbonyl (C=O) groups excluding carboxylic acids is 1. The molecule has 0 aliphatic carbocycles. The van der Waals surface area contributed by atoms with Gasteiger partial charge >= 0.3 is 0 Å². The Balaban J connectivity index is 1.22. The van der Waals surface area contributed by atoms with Gasteiger partial charge in [0, 0.05) is 38.3 Å². The molecular formula is C26H33N5O2. The molecule has 2 atom stereocenters. The van der Waals surface area contributed by atoms with E-state index in [1.54, 1.807) is 0 Å². The zero-order valence-corrected chi connectivity index (χ0v) is 19.7. The summed E-state index contributed by atoms with van der Waals surface area (Å²) < 4.78 is 5.47. The third-order valence-electron chi connectivity index (χ3n) is 6.42. The maximum Gasteiger partial charge on any atom is 0.241 e. The summed E-state index contributed by atoms with van der Waals surface area (Å²) in [7, 11) is 0. The summed E-state index contributed by atoms with van der Waals surface area (Å²) in [6.45, 7) is 10.9. The Bertz CT molecular complexity index is 1030. The first-order valence-electron chi connectivity index (χ1n) is 11.7. The Morgan fingerprint density at radius 3 is 2.42 bits per heavy atom. The lowest BCUT2D eigenvalue weighted by molar-refractivity contribution is -0.126. The molecule has 33 heavy (non-hydrogen) atoms. The second-order valence-electron chi connectivity index (χ2n) is 8.92. The lowest BCUT2D eigenvalue weighted by atomic mass is 10.0. The number of amides is 1. The van der Waals surface area contributed by atoms with Crippen LogP contribution < -0.4 is 5.32 Å². The van der Waals surface area contributed by atoms with Crippen LogP contribution in [0.1, 0.15) is 36.8 Å². The van der Waals surface area contributed by atoms with Crippen molar-refractivity contribution in [3.05, 3.63) is 71.6 Å². The largest absolute Gasteiger partial charge is 0.354 e. The number of benzene rings is 2. The van der Waals surface area contributed by atoms with E-state index < -0.39 is 0 Å². The minimum atomic E-state index is -0.147. The first-order chi connectivity index (χ1) is 16.0. The quantitative estimate of drug-likeness (QED) is 0.570. The average Bonchev–Trinajstić information content (AvgIpc) is 3.31. The molecule has 1 saturated heterocycles. The molecule has 1 fully saturated rings. The van der Waals surface area contributed by atoms with Crippen LogP contribution in [0.5, 0.6) is 0 Å². The van der Waals surface area contributed by atoms with E-state index in [1.165, 1.54) is 11.1 Å². The molecule has 1 aliphatic heterocycles. The topological polar surface area (TPSA) is 74.5 Å². The average molecular weight is 448 g/mol. The molecule has 0 saturated carbocycles. The van der Waals surface area contributed by atoms with Gasteiger partial charge < -0.3 is 9.84 Å². The van der Waals surface area contributed by atoms with E-state index in [0.29, 0.717) is 30.7 Å². The maximum absolute atomic E-state index is 12.7. The standard InChI is InChI=1S/C26H33N5O2/c1-19-9-11-23(12-10-19)25-28-24(33-29-25)18-30-13-15-31(16-14-30)21(3)26(32)27-17-20(2)22-7-5-4-6-8-22/h4-12,20-21H,13-18H2,1-3H3,(H,27,32). The van der Waals surface area contributed by atoms with E-state index >= 15 is 0 Å². The number of hydrogen-bond acceptors (Lipinski definition) is 6. The summed E-state index contributed by atoms with van der Waals surface area (Å²) in [5.74, 6) is 1.63. The van der Waals surface area contributed by atoms with E-state index in [-0.39, 0.29) is 11.9 Å². The summed E-state index contributed by atoms with van der Waals surface area (Å²) in [4.78, 5) is 21.8. The van der Waals surface area contributed by atoms with Crippen molar-refractivity contribution in [3.63, 3.8) is 0 Å².